The molecule has 120 valence electrons. The van der Waals surface area contributed by atoms with E-state index in [2.05, 4.69) is 10.1 Å². The SMILES string of the molecule is O=C(COC(=O)c1c(F)cccc1F)Nc1cc(Cl)cc(Cl)c1. The molecule has 0 aliphatic heterocycles. The van der Waals surface area contributed by atoms with Gasteiger partial charge in [-0.1, -0.05) is 29.3 Å². The van der Waals surface area contributed by atoms with E-state index >= 15 is 0 Å². The second-order valence-electron chi connectivity index (χ2n) is 4.38. The molecule has 0 aliphatic carbocycles. The minimum Gasteiger partial charge on any atom is -0.452 e. The van der Waals surface area contributed by atoms with Gasteiger partial charge in [0, 0.05) is 15.7 Å². The molecule has 8 heteroatoms. The van der Waals surface area contributed by atoms with E-state index in [4.69, 9.17) is 23.2 Å². The van der Waals surface area contributed by atoms with Crippen LogP contribution < -0.4 is 5.32 Å². The smallest absolute Gasteiger partial charge is 0.344 e. The predicted octanol–water partition coefficient (Wildman–Crippen LogP) is 4.07. The van der Waals surface area contributed by atoms with E-state index in [1.54, 1.807) is 0 Å². The Hall–Kier alpha value is -2.18. The van der Waals surface area contributed by atoms with Crippen molar-refractivity contribution in [2.45, 2.75) is 0 Å². The first kappa shape index (κ1) is 17.2. The number of hydrogen-bond donors (Lipinski definition) is 1. The highest BCUT2D eigenvalue weighted by molar-refractivity contribution is 6.35. The molecule has 0 bridgehead atoms. The average molecular weight is 360 g/mol. The Morgan fingerprint density at radius 1 is 1.04 bits per heavy atom. The summed E-state index contributed by atoms with van der Waals surface area (Å²) in [5, 5.41) is 2.99. The van der Waals surface area contributed by atoms with Gasteiger partial charge in [0.05, 0.1) is 0 Å². The van der Waals surface area contributed by atoms with Crippen LogP contribution in [0.15, 0.2) is 36.4 Å². The van der Waals surface area contributed by atoms with Crippen molar-refractivity contribution in [3.05, 3.63) is 63.6 Å². The van der Waals surface area contributed by atoms with Crippen molar-refractivity contribution < 1.29 is 23.1 Å². The maximum absolute atomic E-state index is 13.4. The molecule has 0 spiro atoms. The van der Waals surface area contributed by atoms with Gasteiger partial charge in [0.2, 0.25) is 0 Å². The normalized spacial score (nSPS) is 10.3. The number of esters is 1. The van der Waals surface area contributed by atoms with Gasteiger partial charge in [-0.05, 0) is 30.3 Å². The molecule has 0 aromatic heterocycles. The first-order valence-corrected chi connectivity index (χ1v) is 6.99. The topological polar surface area (TPSA) is 55.4 Å². The summed E-state index contributed by atoms with van der Waals surface area (Å²) in [5.74, 6) is -4.14. The Kier molecular flexibility index (Phi) is 5.52. The van der Waals surface area contributed by atoms with E-state index in [0.717, 1.165) is 18.2 Å². The zero-order valence-electron chi connectivity index (χ0n) is 11.4. The molecule has 0 radical (unpaired) electrons. The van der Waals surface area contributed by atoms with E-state index in [-0.39, 0.29) is 0 Å². The van der Waals surface area contributed by atoms with Crippen molar-refractivity contribution in [3.63, 3.8) is 0 Å². The quantitative estimate of drug-likeness (QED) is 0.837. The molecule has 23 heavy (non-hydrogen) atoms. The fraction of sp³-hybridized carbons (Fsp3) is 0.0667. The summed E-state index contributed by atoms with van der Waals surface area (Å²) in [7, 11) is 0. The lowest BCUT2D eigenvalue weighted by Gasteiger charge is -2.08. The zero-order chi connectivity index (χ0) is 17.0. The lowest BCUT2D eigenvalue weighted by molar-refractivity contribution is -0.119. The number of carbonyl (C=O) groups is 2. The number of carbonyl (C=O) groups excluding carboxylic acids is 2. The molecule has 0 saturated heterocycles. The molecule has 0 heterocycles. The minimum absolute atomic E-state index is 0.292. The van der Waals surface area contributed by atoms with Crippen LogP contribution in [0.2, 0.25) is 10.0 Å². The third-order valence-electron chi connectivity index (χ3n) is 2.65. The van der Waals surface area contributed by atoms with Crippen LogP contribution in [0.25, 0.3) is 0 Å². The molecule has 0 aliphatic rings. The minimum atomic E-state index is -1.28. The van der Waals surface area contributed by atoms with Crippen LogP contribution in [0.3, 0.4) is 0 Å². The van der Waals surface area contributed by atoms with E-state index in [9.17, 15) is 18.4 Å². The Balaban J connectivity index is 1.98. The molecule has 4 nitrogen and oxygen atoms in total. The van der Waals surface area contributed by atoms with Crippen molar-refractivity contribution in [3.8, 4) is 0 Å². The van der Waals surface area contributed by atoms with Gasteiger partial charge in [-0.2, -0.15) is 0 Å². The standard InChI is InChI=1S/C15H9Cl2F2NO3/c16-8-4-9(17)6-10(5-8)20-13(21)7-23-15(22)14-11(18)2-1-3-12(14)19/h1-6H,7H2,(H,20,21). The third-order valence-corrected chi connectivity index (χ3v) is 3.08. The molecule has 1 N–H and O–H groups in total. The zero-order valence-corrected chi connectivity index (χ0v) is 12.9. The lowest BCUT2D eigenvalue weighted by atomic mass is 10.2. The summed E-state index contributed by atoms with van der Waals surface area (Å²) in [6, 6.07) is 7.27. The molecule has 0 fully saturated rings. The number of benzene rings is 2. The van der Waals surface area contributed by atoms with Gasteiger partial charge >= 0.3 is 5.97 Å². The van der Waals surface area contributed by atoms with Crippen molar-refractivity contribution in [1.82, 2.24) is 0 Å². The Bertz CT molecular complexity index is 728. The molecular weight excluding hydrogens is 351 g/mol. The van der Waals surface area contributed by atoms with Crippen LogP contribution in [0.5, 0.6) is 0 Å². The van der Waals surface area contributed by atoms with Crippen LogP contribution in [-0.4, -0.2) is 18.5 Å². The van der Waals surface area contributed by atoms with E-state index < -0.39 is 35.7 Å². The molecule has 0 saturated carbocycles. The van der Waals surface area contributed by atoms with Crippen LogP contribution in [0, 0.1) is 11.6 Å². The number of rotatable bonds is 4. The molecule has 0 unspecified atom stereocenters. The number of nitrogens with one attached hydrogen (secondary N) is 1. The fourth-order valence-electron chi connectivity index (χ4n) is 1.72. The molecule has 2 rings (SSSR count). The monoisotopic (exact) mass is 359 g/mol. The van der Waals surface area contributed by atoms with E-state index in [1.807, 2.05) is 0 Å². The van der Waals surface area contributed by atoms with Crippen molar-refractivity contribution in [2.75, 3.05) is 11.9 Å². The largest absolute Gasteiger partial charge is 0.452 e. The third kappa shape index (κ3) is 4.64. The highest BCUT2D eigenvalue weighted by Gasteiger charge is 2.19. The molecule has 2 aromatic rings. The molecular formula is C15H9Cl2F2NO3. The molecule has 2 aromatic carbocycles. The van der Waals surface area contributed by atoms with Crippen LogP contribution >= 0.6 is 23.2 Å². The molecule has 0 atom stereocenters. The first-order chi connectivity index (χ1) is 10.9. The van der Waals surface area contributed by atoms with E-state index in [1.165, 1.54) is 18.2 Å². The predicted molar refractivity (Wildman–Crippen MR) is 81.7 cm³/mol. The van der Waals surface area contributed by atoms with E-state index in [0.29, 0.717) is 15.7 Å². The average Bonchev–Trinajstić information content (AvgIpc) is 2.43. The van der Waals surface area contributed by atoms with Crippen molar-refractivity contribution in [2.24, 2.45) is 0 Å². The van der Waals surface area contributed by atoms with Gasteiger partial charge in [-0.3, -0.25) is 4.79 Å². The maximum Gasteiger partial charge on any atom is 0.344 e. The number of ether oxygens (including phenoxy) is 1. The highest BCUT2D eigenvalue weighted by atomic mass is 35.5. The second-order valence-corrected chi connectivity index (χ2v) is 5.25. The summed E-state index contributed by atoms with van der Waals surface area (Å²) in [4.78, 5) is 23.3. The Morgan fingerprint density at radius 3 is 2.17 bits per heavy atom. The number of halogens is 4. The lowest BCUT2D eigenvalue weighted by Crippen LogP contribution is -2.22. The Morgan fingerprint density at radius 2 is 1.61 bits per heavy atom. The van der Waals surface area contributed by atoms with Gasteiger partial charge in [0.1, 0.15) is 17.2 Å². The van der Waals surface area contributed by atoms with Gasteiger partial charge in [0.15, 0.2) is 6.61 Å². The number of anilines is 1. The van der Waals surface area contributed by atoms with Crippen LogP contribution in [-0.2, 0) is 9.53 Å². The fourth-order valence-corrected chi connectivity index (χ4v) is 2.25. The van der Waals surface area contributed by atoms with Gasteiger partial charge in [-0.25, -0.2) is 13.6 Å². The second kappa shape index (κ2) is 7.39. The van der Waals surface area contributed by atoms with Crippen LogP contribution in [0.1, 0.15) is 10.4 Å². The first-order valence-electron chi connectivity index (χ1n) is 6.24. The Labute approximate surface area is 140 Å². The van der Waals surface area contributed by atoms with Crippen molar-refractivity contribution >= 4 is 40.8 Å². The summed E-state index contributed by atoms with van der Waals surface area (Å²) >= 11 is 11.5. The highest BCUT2D eigenvalue weighted by Crippen LogP contribution is 2.22. The maximum atomic E-state index is 13.4. The summed E-state index contributed by atoms with van der Waals surface area (Å²) in [6.07, 6.45) is 0. The summed E-state index contributed by atoms with van der Waals surface area (Å²) in [6.45, 7) is -0.725. The van der Waals surface area contributed by atoms with Gasteiger partial charge in [0.25, 0.3) is 5.91 Å². The summed E-state index contributed by atoms with van der Waals surface area (Å²) in [5.41, 5.74) is -0.563. The van der Waals surface area contributed by atoms with Crippen molar-refractivity contribution in [1.29, 1.82) is 0 Å². The molecule has 1 amide bonds. The van der Waals surface area contributed by atoms with Crippen LogP contribution in [0.4, 0.5) is 14.5 Å². The van der Waals surface area contributed by atoms with Gasteiger partial charge < -0.3 is 10.1 Å². The number of hydrogen-bond acceptors (Lipinski definition) is 3. The van der Waals surface area contributed by atoms with Gasteiger partial charge in [-0.15, -0.1) is 0 Å². The summed E-state index contributed by atoms with van der Waals surface area (Å²) < 4.78 is 31.4. The number of amides is 1.